The Morgan fingerprint density at radius 2 is 2.00 bits per heavy atom. The fraction of sp³-hybridized carbons (Fsp3) is 0.235. The number of nitrogen functional groups attached to an aromatic ring is 1. The summed E-state index contributed by atoms with van der Waals surface area (Å²) in [6, 6.07) is 12.0. The summed E-state index contributed by atoms with van der Waals surface area (Å²) in [6.07, 6.45) is 3.67. The summed E-state index contributed by atoms with van der Waals surface area (Å²) in [5.41, 5.74) is 10.3. The quantitative estimate of drug-likeness (QED) is 0.787. The summed E-state index contributed by atoms with van der Waals surface area (Å²) in [7, 11) is 0. The number of benzene rings is 1. The van der Waals surface area contributed by atoms with Gasteiger partial charge in [-0.2, -0.15) is 5.10 Å². The van der Waals surface area contributed by atoms with E-state index in [-0.39, 0.29) is 0 Å². The number of hydrogen-bond acceptors (Lipinski definition) is 3. The Hall–Kier alpha value is -2.49. The summed E-state index contributed by atoms with van der Waals surface area (Å²) in [5.74, 6) is 1.58. The number of para-hydroxylation sites is 1. The predicted molar refractivity (Wildman–Crippen MR) is 84.4 cm³/mol. The average molecular weight is 281 g/mol. The molecule has 2 N–H and O–H groups in total. The molecule has 0 spiro atoms. The first-order valence-corrected chi connectivity index (χ1v) is 7.19. The van der Waals surface area contributed by atoms with E-state index in [0.717, 1.165) is 41.1 Å². The smallest absolute Gasteiger partial charge is 0.131 e. The molecule has 4 nitrogen and oxygen atoms in total. The summed E-state index contributed by atoms with van der Waals surface area (Å²) in [5, 5.41) is 4.71. The van der Waals surface area contributed by atoms with Crippen molar-refractivity contribution in [3.05, 3.63) is 54.0 Å². The van der Waals surface area contributed by atoms with Crippen LogP contribution in [0.25, 0.3) is 16.9 Å². The highest BCUT2D eigenvalue weighted by Crippen LogP contribution is 2.31. The van der Waals surface area contributed by atoms with Crippen LogP contribution in [0, 0.1) is 6.92 Å². The van der Waals surface area contributed by atoms with Crippen molar-refractivity contribution in [3.8, 4) is 16.9 Å². The van der Waals surface area contributed by atoms with Crippen molar-refractivity contribution >= 4 is 5.82 Å². The van der Waals surface area contributed by atoms with Crippen LogP contribution in [0.1, 0.15) is 24.7 Å². The molecule has 0 saturated heterocycles. The van der Waals surface area contributed by atoms with Gasteiger partial charge in [-0.05, 0) is 31.5 Å². The third-order valence-electron chi connectivity index (χ3n) is 3.53. The van der Waals surface area contributed by atoms with Gasteiger partial charge < -0.3 is 10.2 Å². The van der Waals surface area contributed by atoms with Crippen LogP contribution in [-0.2, 0) is 6.42 Å². The number of anilines is 1. The van der Waals surface area contributed by atoms with E-state index in [2.05, 4.69) is 6.92 Å². The Balaban J connectivity index is 2.16. The third-order valence-corrected chi connectivity index (χ3v) is 3.53. The maximum atomic E-state index is 6.34. The van der Waals surface area contributed by atoms with Crippen LogP contribution in [-0.4, -0.2) is 9.78 Å². The molecule has 0 aliphatic carbocycles. The van der Waals surface area contributed by atoms with Crippen molar-refractivity contribution in [1.82, 2.24) is 9.78 Å². The topological polar surface area (TPSA) is 57.0 Å². The second-order valence-corrected chi connectivity index (χ2v) is 5.16. The molecular weight excluding hydrogens is 262 g/mol. The van der Waals surface area contributed by atoms with Gasteiger partial charge in [0.2, 0.25) is 0 Å². The minimum atomic E-state index is 0.705. The summed E-state index contributed by atoms with van der Waals surface area (Å²) in [6.45, 7) is 4.07. The van der Waals surface area contributed by atoms with Gasteiger partial charge >= 0.3 is 0 Å². The van der Waals surface area contributed by atoms with E-state index in [9.17, 15) is 0 Å². The number of nitrogens with zero attached hydrogens (tertiary/aromatic N) is 2. The highest BCUT2D eigenvalue weighted by Gasteiger charge is 2.18. The molecule has 2 aromatic heterocycles. The number of aryl methyl sites for hydroxylation is 1. The number of rotatable bonds is 4. The number of hydrogen-bond donors (Lipinski definition) is 1. The van der Waals surface area contributed by atoms with E-state index in [4.69, 9.17) is 15.2 Å². The van der Waals surface area contributed by atoms with Crippen LogP contribution in [0.5, 0.6) is 0 Å². The van der Waals surface area contributed by atoms with E-state index >= 15 is 0 Å². The zero-order valence-corrected chi connectivity index (χ0v) is 12.3. The SMILES string of the molecule is CCCc1c(-c2coc(C)c2)nn(-c2ccccc2)c1N. The molecule has 108 valence electrons. The van der Waals surface area contributed by atoms with E-state index in [0.29, 0.717) is 5.82 Å². The Kier molecular flexibility index (Phi) is 3.52. The summed E-state index contributed by atoms with van der Waals surface area (Å²) in [4.78, 5) is 0. The first kappa shape index (κ1) is 13.5. The summed E-state index contributed by atoms with van der Waals surface area (Å²) >= 11 is 0. The van der Waals surface area contributed by atoms with Gasteiger partial charge in [0.05, 0.1) is 5.69 Å². The van der Waals surface area contributed by atoms with Crippen molar-refractivity contribution < 1.29 is 4.42 Å². The molecule has 0 bridgehead atoms. The maximum absolute atomic E-state index is 6.34. The second-order valence-electron chi connectivity index (χ2n) is 5.16. The Labute approximate surface area is 124 Å². The van der Waals surface area contributed by atoms with Gasteiger partial charge in [-0.25, -0.2) is 4.68 Å². The lowest BCUT2D eigenvalue weighted by Crippen LogP contribution is -2.02. The predicted octanol–water partition coefficient (Wildman–Crippen LogP) is 3.98. The van der Waals surface area contributed by atoms with E-state index < -0.39 is 0 Å². The zero-order chi connectivity index (χ0) is 14.8. The minimum Gasteiger partial charge on any atom is -0.469 e. The van der Waals surface area contributed by atoms with Crippen molar-refractivity contribution in [3.63, 3.8) is 0 Å². The van der Waals surface area contributed by atoms with Crippen LogP contribution in [0.4, 0.5) is 5.82 Å². The standard InChI is InChI=1S/C17H19N3O/c1-3-7-15-16(13-10-12(2)21-11-13)19-20(17(15)18)14-8-5-4-6-9-14/h4-6,8-11H,3,7,18H2,1-2H3. The van der Waals surface area contributed by atoms with Crippen LogP contribution < -0.4 is 5.73 Å². The third kappa shape index (κ3) is 2.44. The maximum Gasteiger partial charge on any atom is 0.131 e. The highest BCUT2D eigenvalue weighted by molar-refractivity contribution is 5.69. The van der Waals surface area contributed by atoms with E-state index in [1.807, 2.05) is 48.0 Å². The molecule has 3 aromatic rings. The van der Waals surface area contributed by atoms with Crippen LogP contribution in [0.3, 0.4) is 0 Å². The largest absolute Gasteiger partial charge is 0.469 e. The van der Waals surface area contributed by atoms with Crippen LogP contribution in [0.2, 0.25) is 0 Å². The monoisotopic (exact) mass is 281 g/mol. The van der Waals surface area contributed by atoms with Crippen LogP contribution >= 0.6 is 0 Å². The molecule has 0 atom stereocenters. The van der Waals surface area contributed by atoms with Crippen molar-refractivity contribution in [2.45, 2.75) is 26.7 Å². The van der Waals surface area contributed by atoms with Gasteiger partial charge in [-0.3, -0.25) is 0 Å². The van der Waals surface area contributed by atoms with Crippen molar-refractivity contribution in [2.75, 3.05) is 5.73 Å². The number of furan rings is 1. The Morgan fingerprint density at radius 1 is 1.24 bits per heavy atom. The van der Waals surface area contributed by atoms with Gasteiger partial charge in [0.15, 0.2) is 0 Å². The lowest BCUT2D eigenvalue weighted by Gasteiger charge is -2.04. The van der Waals surface area contributed by atoms with Gasteiger partial charge in [0.25, 0.3) is 0 Å². The minimum absolute atomic E-state index is 0.705. The van der Waals surface area contributed by atoms with Gasteiger partial charge in [-0.15, -0.1) is 0 Å². The number of nitrogens with two attached hydrogens (primary N) is 1. The molecule has 1 aromatic carbocycles. The van der Waals surface area contributed by atoms with E-state index in [1.165, 1.54) is 0 Å². The first-order valence-electron chi connectivity index (χ1n) is 7.19. The fourth-order valence-corrected chi connectivity index (χ4v) is 2.53. The van der Waals surface area contributed by atoms with Gasteiger partial charge in [-0.1, -0.05) is 31.5 Å². The van der Waals surface area contributed by atoms with Crippen molar-refractivity contribution in [1.29, 1.82) is 0 Å². The van der Waals surface area contributed by atoms with Gasteiger partial charge in [0, 0.05) is 11.1 Å². The lowest BCUT2D eigenvalue weighted by molar-refractivity contribution is 0.534. The molecule has 3 rings (SSSR count). The molecule has 0 aliphatic rings. The molecular formula is C17H19N3O. The van der Waals surface area contributed by atoms with Gasteiger partial charge in [0.1, 0.15) is 23.5 Å². The Bertz CT molecular complexity index is 741. The van der Waals surface area contributed by atoms with E-state index in [1.54, 1.807) is 6.26 Å². The molecule has 4 heteroatoms. The first-order chi connectivity index (χ1) is 10.2. The summed E-state index contributed by atoms with van der Waals surface area (Å²) < 4.78 is 7.23. The highest BCUT2D eigenvalue weighted by atomic mass is 16.3. The molecule has 2 heterocycles. The zero-order valence-electron chi connectivity index (χ0n) is 12.3. The molecule has 21 heavy (non-hydrogen) atoms. The molecule has 0 radical (unpaired) electrons. The lowest BCUT2D eigenvalue weighted by atomic mass is 10.1. The number of aromatic nitrogens is 2. The fourth-order valence-electron chi connectivity index (χ4n) is 2.53. The Morgan fingerprint density at radius 3 is 2.62 bits per heavy atom. The van der Waals surface area contributed by atoms with Crippen molar-refractivity contribution in [2.24, 2.45) is 0 Å². The molecule has 0 unspecified atom stereocenters. The normalized spacial score (nSPS) is 11.0. The molecule has 0 fully saturated rings. The van der Waals surface area contributed by atoms with Crippen LogP contribution in [0.15, 0.2) is 47.1 Å². The molecule has 0 saturated carbocycles. The molecule has 0 aliphatic heterocycles. The molecule has 0 amide bonds. The second kappa shape index (κ2) is 5.48. The average Bonchev–Trinajstić information content (AvgIpc) is 3.06.